The van der Waals surface area contributed by atoms with Crippen LogP contribution in [0.2, 0.25) is 0 Å². The van der Waals surface area contributed by atoms with E-state index in [0.29, 0.717) is 28.9 Å². The molecular weight excluding hydrogens is 518 g/mol. The number of nitrogens with one attached hydrogen (secondary N) is 1. The third-order valence-corrected chi connectivity index (χ3v) is 8.05. The molecule has 0 aliphatic rings. The zero-order valence-corrected chi connectivity index (χ0v) is 24.2. The van der Waals surface area contributed by atoms with Crippen LogP contribution in [-0.4, -0.2) is 43.5 Å². The zero-order chi connectivity index (χ0) is 28.7. The van der Waals surface area contributed by atoms with Crippen molar-refractivity contribution >= 4 is 27.7 Å². The second-order valence-corrected chi connectivity index (χ2v) is 11.5. The summed E-state index contributed by atoms with van der Waals surface area (Å²) in [6, 6.07) is 13.3. The second-order valence-electron chi connectivity index (χ2n) is 9.85. The number of unbranched alkanes of at least 4 members (excludes halogenated alkanes) is 1. The summed E-state index contributed by atoms with van der Waals surface area (Å²) in [6.07, 6.45) is 1.94. The first-order valence-corrected chi connectivity index (χ1v) is 14.5. The minimum Gasteiger partial charge on any atom is -0.467 e. The van der Waals surface area contributed by atoms with Crippen molar-refractivity contribution in [2.24, 2.45) is 5.92 Å². The van der Waals surface area contributed by atoms with Crippen LogP contribution in [-0.2, 0) is 30.9 Å². The zero-order valence-electron chi connectivity index (χ0n) is 23.4. The van der Waals surface area contributed by atoms with E-state index < -0.39 is 22.0 Å². The monoisotopic (exact) mass is 555 g/mol. The third kappa shape index (κ3) is 7.06. The first-order valence-electron chi connectivity index (χ1n) is 13.0. The van der Waals surface area contributed by atoms with Crippen LogP contribution in [0.15, 0.2) is 57.9 Å². The molecule has 1 aromatic heterocycles. The van der Waals surface area contributed by atoms with Gasteiger partial charge in [0.15, 0.2) is 5.82 Å². The third-order valence-electron chi connectivity index (χ3n) is 6.66. The quantitative estimate of drug-likeness (QED) is 0.294. The van der Waals surface area contributed by atoms with Crippen molar-refractivity contribution in [1.29, 1.82) is 0 Å². The first kappa shape index (κ1) is 29.9. The fourth-order valence-electron chi connectivity index (χ4n) is 4.31. The minimum atomic E-state index is -3.96. The van der Waals surface area contributed by atoms with Crippen molar-refractivity contribution < 1.29 is 27.3 Å². The highest BCUT2D eigenvalue weighted by atomic mass is 32.2. The van der Waals surface area contributed by atoms with Gasteiger partial charge in [-0.25, -0.2) is 13.2 Å². The van der Waals surface area contributed by atoms with E-state index in [4.69, 9.17) is 9.26 Å². The summed E-state index contributed by atoms with van der Waals surface area (Å²) in [5.74, 6) is -0.00732. The molecule has 1 atom stereocenters. The molecule has 210 valence electrons. The highest BCUT2D eigenvalue weighted by molar-refractivity contribution is 7.92. The Labute approximate surface area is 230 Å². The molecule has 0 radical (unpaired) electrons. The number of carbonyl (C=O) groups excluding carboxylic acids is 2. The number of aromatic nitrogens is 1. The van der Waals surface area contributed by atoms with Crippen LogP contribution in [0.25, 0.3) is 11.1 Å². The number of aryl methyl sites for hydroxylation is 1. The number of anilines is 1. The van der Waals surface area contributed by atoms with Crippen LogP contribution in [0.3, 0.4) is 0 Å². The highest BCUT2D eigenvalue weighted by Gasteiger charge is 2.33. The molecule has 0 aliphatic carbocycles. The largest absolute Gasteiger partial charge is 0.467 e. The molecule has 0 unspecified atom stereocenters. The number of sulfonamides is 1. The number of benzene rings is 2. The molecule has 39 heavy (non-hydrogen) atoms. The van der Waals surface area contributed by atoms with E-state index >= 15 is 0 Å². The van der Waals surface area contributed by atoms with Gasteiger partial charge in [0.25, 0.3) is 10.0 Å². The van der Waals surface area contributed by atoms with Crippen molar-refractivity contribution in [2.45, 2.75) is 71.4 Å². The summed E-state index contributed by atoms with van der Waals surface area (Å²) in [7, 11) is -2.63. The summed E-state index contributed by atoms with van der Waals surface area (Å²) in [5, 5.41) is 3.81. The molecule has 9 nitrogen and oxygen atoms in total. The lowest BCUT2D eigenvalue weighted by Crippen LogP contribution is -2.48. The van der Waals surface area contributed by atoms with Gasteiger partial charge in [0.2, 0.25) is 5.91 Å². The molecule has 3 aromatic rings. The highest BCUT2D eigenvalue weighted by Crippen LogP contribution is 2.30. The summed E-state index contributed by atoms with van der Waals surface area (Å²) in [4.78, 5) is 27.4. The van der Waals surface area contributed by atoms with Crippen LogP contribution in [0, 0.1) is 19.8 Å². The number of ether oxygens (including phenoxy) is 1. The Morgan fingerprint density at radius 2 is 1.74 bits per heavy atom. The predicted molar refractivity (Wildman–Crippen MR) is 149 cm³/mol. The Balaban J connectivity index is 1.91. The van der Waals surface area contributed by atoms with Gasteiger partial charge in [-0.15, -0.1) is 0 Å². The fourth-order valence-corrected chi connectivity index (χ4v) is 5.60. The van der Waals surface area contributed by atoms with E-state index in [0.717, 1.165) is 18.4 Å². The topological polar surface area (TPSA) is 119 Å². The number of esters is 1. The molecule has 0 saturated heterocycles. The smallest absolute Gasteiger partial charge is 0.328 e. The number of nitrogens with zero attached hydrogens (tertiary/aromatic N) is 2. The second kappa shape index (κ2) is 12.9. The van der Waals surface area contributed by atoms with Gasteiger partial charge in [0.05, 0.1) is 12.0 Å². The van der Waals surface area contributed by atoms with E-state index in [2.05, 4.69) is 9.88 Å². The van der Waals surface area contributed by atoms with E-state index in [1.165, 1.54) is 13.2 Å². The Morgan fingerprint density at radius 3 is 2.31 bits per heavy atom. The number of hydrogen-bond donors (Lipinski definition) is 1. The van der Waals surface area contributed by atoms with E-state index in [1.54, 1.807) is 36.9 Å². The van der Waals surface area contributed by atoms with Gasteiger partial charge in [-0.2, -0.15) is 0 Å². The predicted octanol–water partition coefficient (Wildman–Crippen LogP) is 5.48. The molecule has 1 heterocycles. The standard InChI is InChI=1S/C29H37N3O6S/c1-7-8-13-26(33)32(27(19(2)3)29(34)37-6)18-22-14-16-23(17-15-22)24-11-9-10-12-25(24)39(35,36)31-28-20(4)21(5)38-30-28/h9-12,14-17,19,27H,7-8,13,18H2,1-6H3,(H,30,31)/t27-/m0/s1. The Bertz CT molecular complexity index is 1400. The van der Waals surface area contributed by atoms with Gasteiger partial charge >= 0.3 is 5.97 Å². The van der Waals surface area contributed by atoms with E-state index in [-0.39, 0.29) is 29.1 Å². The van der Waals surface area contributed by atoms with Gasteiger partial charge in [0, 0.05) is 24.1 Å². The van der Waals surface area contributed by atoms with E-state index in [1.807, 2.05) is 45.0 Å². The van der Waals surface area contributed by atoms with Crippen molar-refractivity contribution in [3.63, 3.8) is 0 Å². The van der Waals surface area contributed by atoms with Crippen molar-refractivity contribution in [3.05, 3.63) is 65.4 Å². The van der Waals surface area contributed by atoms with Crippen molar-refractivity contribution in [2.75, 3.05) is 11.8 Å². The molecule has 0 aliphatic heterocycles. The van der Waals surface area contributed by atoms with Crippen LogP contribution in [0.4, 0.5) is 5.82 Å². The van der Waals surface area contributed by atoms with Gasteiger partial charge < -0.3 is 14.2 Å². The molecule has 2 aromatic carbocycles. The SMILES string of the molecule is CCCCC(=O)N(Cc1ccc(-c2ccccc2S(=O)(=O)Nc2noc(C)c2C)cc1)[C@H](C(=O)OC)C(C)C. The van der Waals surface area contributed by atoms with Crippen molar-refractivity contribution in [3.8, 4) is 11.1 Å². The molecule has 0 saturated carbocycles. The van der Waals surface area contributed by atoms with Crippen LogP contribution < -0.4 is 4.72 Å². The van der Waals surface area contributed by atoms with Crippen LogP contribution in [0.1, 0.15) is 56.9 Å². The van der Waals surface area contributed by atoms with Crippen LogP contribution in [0.5, 0.6) is 0 Å². The number of amides is 1. The van der Waals surface area contributed by atoms with E-state index in [9.17, 15) is 18.0 Å². The summed E-state index contributed by atoms with van der Waals surface area (Å²) >= 11 is 0. The average Bonchev–Trinajstić information content (AvgIpc) is 3.23. The lowest BCUT2D eigenvalue weighted by molar-refractivity contribution is -0.155. The van der Waals surface area contributed by atoms with Gasteiger partial charge in [0.1, 0.15) is 11.8 Å². The summed E-state index contributed by atoms with van der Waals surface area (Å²) in [5.41, 5.74) is 2.63. The molecule has 0 spiro atoms. The molecule has 10 heteroatoms. The average molecular weight is 556 g/mol. The number of carbonyl (C=O) groups is 2. The van der Waals surface area contributed by atoms with Crippen molar-refractivity contribution in [1.82, 2.24) is 10.1 Å². The number of methoxy groups -OCH3 is 1. The summed E-state index contributed by atoms with van der Waals surface area (Å²) < 4.78 is 39.2. The summed E-state index contributed by atoms with van der Waals surface area (Å²) in [6.45, 7) is 9.46. The molecule has 1 N–H and O–H groups in total. The lowest BCUT2D eigenvalue weighted by atomic mass is 9.99. The Hall–Kier alpha value is -3.66. The Morgan fingerprint density at radius 1 is 1.08 bits per heavy atom. The maximum Gasteiger partial charge on any atom is 0.328 e. The first-order chi connectivity index (χ1) is 18.5. The van der Waals surface area contributed by atoms with Crippen LogP contribution >= 0.6 is 0 Å². The maximum absolute atomic E-state index is 13.3. The number of rotatable bonds is 12. The normalized spacial score (nSPS) is 12.3. The number of hydrogen-bond acceptors (Lipinski definition) is 7. The fraction of sp³-hybridized carbons (Fsp3) is 0.414. The molecule has 0 bridgehead atoms. The molecular formula is C29H37N3O6S. The molecule has 3 rings (SSSR count). The minimum absolute atomic E-state index is 0.0970. The molecule has 0 fully saturated rings. The lowest BCUT2D eigenvalue weighted by Gasteiger charge is -2.32. The van der Waals surface area contributed by atoms with Gasteiger partial charge in [-0.05, 0) is 43.4 Å². The van der Waals surface area contributed by atoms with Gasteiger partial charge in [-0.1, -0.05) is 74.8 Å². The maximum atomic E-state index is 13.3. The Kier molecular flexibility index (Phi) is 9.91. The van der Waals surface area contributed by atoms with Gasteiger partial charge in [-0.3, -0.25) is 9.52 Å². The molecule has 1 amide bonds.